The third-order valence-corrected chi connectivity index (χ3v) is 15.7. The Balaban J connectivity index is -0.000000105. The van der Waals surface area contributed by atoms with Gasteiger partial charge < -0.3 is 87.6 Å². The van der Waals surface area contributed by atoms with E-state index >= 15 is 0 Å². The average Bonchev–Trinajstić information content (AvgIpc) is 0.964. The first-order valence-electron chi connectivity index (χ1n) is 25.9. The van der Waals surface area contributed by atoms with Gasteiger partial charge in [0.05, 0.1) is 100 Å². The number of Topliss-reactive ketones (excluding diaryl/α,β-unsaturated/α-hetero) is 6. The molecule has 0 rings (SSSR count). The molecule has 13 N–H and O–H groups in total. The molecule has 3 amide bonds. The van der Waals surface area contributed by atoms with Crippen molar-refractivity contribution in [1.82, 2.24) is 16.0 Å². The number of carbonyl (C=O) groups is 18. The van der Waals surface area contributed by atoms with Crippen molar-refractivity contribution in [3.8, 4) is 0 Å². The van der Waals surface area contributed by atoms with Gasteiger partial charge in [-0.1, -0.05) is 22.3 Å². The van der Waals surface area contributed by atoms with E-state index in [0.717, 1.165) is 44.9 Å². The SMILES string of the molecule is C.C.C.COC(=O)CC(SC[C@H](CC(=O)CC[C@H](N)C(C)=O)C(=O)NCC(=O)O)C(=O)O.COC(=O)CC(SC[C@H](CC(=O)CC[C@H](N)C(C)=O)C(=O)NCC(=O)O)C(=O)[O-].COC(=O)CC(SC[C@H](CC(=O)CC[C@H](N)C(C)=O)C(=O)NCC(=O)[O-])C(=O)O.[HH].[HH].[HH].[HH].[HH].[HH]. The zero-order valence-electron chi connectivity index (χ0n) is 48.6. The Morgan fingerprint density at radius 1 is 0.422 bits per heavy atom. The van der Waals surface area contributed by atoms with Gasteiger partial charge in [0.1, 0.15) is 58.3 Å². The number of thioether (sulfide) groups is 3. The Labute approximate surface area is 542 Å². The maximum absolute atomic E-state index is 12.2. The molecule has 0 aromatic carbocycles. The smallest absolute Gasteiger partial charge is 0.322 e. The van der Waals surface area contributed by atoms with Crippen LogP contribution in [0.3, 0.4) is 0 Å². The quantitative estimate of drug-likeness (QED) is 0.0241. The Hall–Kier alpha value is -7.41. The topological polar surface area (TPSA) is 576 Å². The number of nitrogens with one attached hydrogen (secondary N) is 3. The predicted molar refractivity (Wildman–Crippen MR) is 334 cm³/mol. The molecular weight excluding hydrogens is 1260 g/mol. The molecule has 0 aliphatic rings. The second-order valence-corrected chi connectivity index (χ2v) is 22.4. The largest absolute Gasteiger partial charge is 0.549 e. The molecule has 9 atom stereocenters. The summed E-state index contributed by atoms with van der Waals surface area (Å²) >= 11 is 2.25. The van der Waals surface area contributed by atoms with E-state index in [2.05, 4.69) is 30.2 Å². The zero-order chi connectivity index (χ0) is 67.7. The summed E-state index contributed by atoms with van der Waals surface area (Å²) in [6.45, 7) is 1.77. The number of rotatable bonds is 45. The van der Waals surface area contributed by atoms with E-state index in [4.69, 9.17) is 27.4 Å². The third-order valence-electron chi connectivity index (χ3n) is 11.6. The van der Waals surface area contributed by atoms with E-state index < -0.39 is 174 Å². The van der Waals surface area contributed by atoms with Crippen molar-refractivity contribution in [3.63, 3.8) is 0 Å². The number of aliphatic carboxylic acids is 6. The Morgan fingerprint density at radius 2 is 0.667 bits per heavy atom. The van der Waals surface area contributed by atoms with E-state index in [1.807, 2.05) is 0 Å². The fourth-order valence-electron chi connectivity index (χ4n) is 6.34. The molecule has 0 heterocycles. The van der Waals surface area contributed by atoms with Gasteiger partial charge in [0, 0.05) is 64.3 Å². The highest BCUT2D eigenvalue weighted by molar-refractivity contribution is 8.01. The molecule has 528 valence electrons. The number of methoxy groups -OCH3 is 3. The number of hydrogen-bond acceptors (Lipinski definition) is 29. The average molecular weight is 1360 g/mol. The minimum atomic E-state index is -1.54. The van der Waals surface area contributed by atoms with E-state index in [0.29, 0.717) is 11.8 Å². The van der Waals surface area contributed by atoms with Gasteiger partial charge in [-0.15, -0.1) is 23.5 Å². The molecule has 0 aromatic rings. The number of amides is 3. The van der Waals surface area contributed by atoms with Gasteiger partial charge in [-0.05, 0) is 40.0 Å². The number of carbonyl (C=O) groups excluding carboxylic acids is 14. The lowest BCUT2D eigenvalue weighted by molar-refractivity contribution is -0.305. The number of nitrogens with two attached hydrogens (primary N) is 3. The van der Waals surface area contributed by atoms with Crippen LogP contribution in [0.1, 0.15) is 129 Å². The van der Waals surface area contributed by atoms with Crippen molar-refractivity contribution >= 4 is 141 Å². The highest BCUT2D eigenvalue weighted by Gasteiger charge is 2.31. The fourth-order valence-corrected chi connectivity index (χ4v) is 9.72. The van der Waals surface area contributed by atoms with Crippen molar-refractivity contribution in [1.29, 1.82) is 0 Å². The minimum absolute atomic E-state index is 0. The molecule has 0 aliphatic heterocycles. The van der Waals surface area contributed by atoms with Crippen LogP contribution >= 0.6 is 35.3 Å². The molecule has 0 saturated heterocycles. The molecule has 0 aromatic heterocycles. The van der Waals surface area contributed by atoms with Crippen molar-refractivity contribution < 1.29 is 140 Å². The highest BCUT2D eigenvalue weighted by atomic mass is 32.2. The number of carboxylic acids is 6. The lowest BCUT2D eigenvalue weighted by atomic mass is 9.98. The van der Waals surface area contributed by atoms with E-state index in [9.17, 15) is 107 Å². The van der Waals surface area contributed by atoms with Gasteiger partial charge in [-0.25, -0.2) is 0 Å². The Bertz CT molecular complexity index is 2210. The molecule has 0 fully saturated rings. The van der Waals surface area contributed by atoms with E-state index in [1.54, 1.807) is 0 Å². The summed E-state index contributed by atoms with van der Waals surface area (Å²) in [5.74, 6) is -18.3. The van der Waals surface area contributed by atoms with Crippen molar-refractivity contribution in [3.05, 3.63) is 0 Å². The van der Waals surface area contributed by atoms with Gasteiger partial charge in [0.25, 0.3) is 0 Å². The summed E-state index contributed by atoms with van der Waals surface area (Å²) in [6.07, 6.45) is -2.16. The summed E-state index contributed by atoms with van der Waals surface area (Å²) in [4.78, 5) is 206. The van der Waals surface area contributed by atoms with Gasteiger partial charge in [0.15, 0.2) is 0 Å². The highest BCUT2D eigenvalue weighted by Crippen LogP contribution is 2.25. The molecular formula is C54H100N6O27S3-2. The van der Waals surface area contributed by atoms with Gasteiger partial charge in [-0.2, -0.15) is 11.8 Å². The van der Waals surface area contributed by atoms with Gasteiger partial charge in [0.2, 0.25) is 17.7 Å². The first-order valence-corrected chi connectivity index (χ1v) is 29.1. The molecule has 0 spiro atoms. The molecule has 0 bridgehead atoms. The molecule has 0 radical (unpaired) electrons. The minimum Gasteiger partial charge on any atom is -0.549 e. The van der Waals surface area contributed by atoms with Crippen LogP contribution in [0.25, 0.3) is 0 Å². The number of ketones is 6. The summed E-state index contributed by atoms with van der Waals surface area (Å²) in [6, 6.07) is -2.42. The summed E-state index contributed by atoms with van der Waals surface area (Å²) in [7, 11) is 3.30. The van der Waals surface area contributed by atoms with Crippen LogP contribution in [0.15, 0.2) is 0 Å². The van der Waals surface area contributed by atoms with Gasteiger partial charge in [-0.3, -0.25) is 76.7 Å². The normalized spacial score (nSPS) is 13.2. The first kappa shape index (κ1) is 93.7. The lowest BCUT2D eigenvalue weighted by Gasteiger charge is -2.20. The standard InChI is InChI=1S/3C17H26N2O9S.3CH4.6H2/c3*1-9(20)12(18)4-3-11(21)5-10(16(25)19-7-14(22)23)8-29-13(17(26)27)6-15(24)28-2;;;;;;;;;/h3*10,12-13H,3-8,18H2,1-2H3,(H,19,25)(H,22,23)(H,26,27);3*1H4;6*1H/p-2/t3*10-,12-,13?;;;;;;;;;/m000........./s1. The summed E-state index contributed by atoms with van der Waals surface area (Å²) in [5.41, 5.74) is 16.7. The Morgan fingerprint density at radius 3 is 0.878 bits per heavy atom. The summed E-state index contributed by atoms with van der Waals surface area (Å²) in [5, 5.41) is 60.1. The molecule has 3 unspecified atom stereocenters. The van der Waals surface area contributed by atoms with Crippen LogP contribution in [-0.4, -0.2) is 219 Å². The second kappa shape index (κ2) is 52.4. The summed E-state index contributed by atoms with van der Waals surface area (Å²) < 4.78 is 13.3. The first-order chi connectivity index (χ1) is 40.4. The monoisotopic (exact) mass is 1360 g/mol. The van der Waals surface area contributed by atoms with Crippen LogP contribution in [0, 0.1) is 17.8 Å². The number of ether oxygens (including phenoxy) is 3. The molecule has 0 saturated carbocycles. The Kier molecular flexibility index (Phi) is 54.5. The number of esters is 3. The van der Waals surface area contributed by atoms with Crippen molar-refractivity contribution in [2.45, 2.75) is 154 Å². The van der Waals surface area contributed by atoms with E-state index in [-0.39, 0.29) is 129 Å². The lowest BCUT2D eigenvalue weighted by Crippen LogP contribution is -2.41. The van der Waals surface area contributed by atoms with Crippen LogP contribution in [-0.2, 0) is 101 Å². The molecule has 33 nitrogen and oxygen atoms in total. The maximum Gasteiger partial charge on any atom is 0.322 e. The molecule has 0 aliphatic carbocycles. The van der Waals surface area contributed by atoms with Crippen LogP contribution in [0.2, 0.25) is 0 Å². The van der Waals surface area contributed by atoms with Gasteiger partial charge >= 0.3 is 41.8 Å². The predicted octanol–water partition coefficient (Wildman–Crippen LogP) is -1.66. The number of carboxylic acid groups (broad SMARTS) is 6. The van der Waals surface area contributed by atoms with E-state index in [1.165, 1.54) is 20.8 Å². The van der Waals surface area contributed by atoms with Crippen LogP contribution in [0.5, 0.6) is 0 Å². The van der Waals surface area contributed by atoms with Crippen LogP contribution < -0.4 is 43.4 Å². The molecule has 90 heavy (non-hydrogen) atoms. The second-order valence-electron chi connectivity index (χ2n) is 18.7. The molecule has 36 heteroatoms. The van der Waals surface area contributed by atoms with Crippen molar-refractivity contribution in [2.75, 3.05) is 58.2 Å². The number of hydrogen-bond donors (Lipinski definition) is 10. The third kappa shape index (κ3) is 47.6. The van der Waals surface area contributed by atoms with Crippen molar-refractivity contribution in [2.24, 2.45) is 35.0 Å². The van der Waals surface area contributed by atoms with Crippen LogP contribution in [0.4, 0.5) is 0 Å². The fraction of sp³-hybridized carbons (Fsp3) is 0.667. The zero-order valence-corrected chi connectivity index (χ0v) is 51.0. The maximum atomic E-state index is 12.2.